The molecule has 0 saturated carbocycles. The summed E-state index contributed by atoms with van der Waals surface area (Å²) in [5, 5.41) is 3.42. The number of nitrogens with zero attached hydrogens (tertiary/aromatic N) is 1. The predicted octanol–water partition coefficient (Wildman–Crippen LogP) is 3.78. The molecule has 0 spiro atoms. The number of halogens is 1. The molecule has 19 heavy (non-hydrogen) atoms. The summed E-state index contributed by atoms with van der Waals surface area (Å²) in [6.07, 6.45) is 3.29. The molecule has 1 aromatic carbocycles. The van der Waals surface area contributed by atoms with Gasteiger partial charge in [0.15, 0.2) is 0 Å². The summed E-state index contributed by atoms with van der Waals surface area (Å²) in [4.78, 5) is 2.44. The minimum atomic E-state index is 0.402. The van der Waals surface area contributed by atoms with E-state index in [1.165, 1.54) is 15.8 Å². The van der Waals surface area contributed by atoms with Crippen molar-refractivity contribution in [3.8, 4) is 0 Å². The Balaban J connectivity index is 2.56. The molecule has 0 heterocycles. The first kappa shape index (κ1) is 17.0. The molecule has 2 nitrogen and oxygen atoms in total. The lowest BCUT2D eigenvalue weighted by Gasteiger charge is -2.27. The van der Waals surface area contributed by atoms with Gasteiger partial charge in [0.25, 0.3) is 0 Å². The second-order valence-electron chi connectivity index (χ2n) is 4.94. The Morgan fingerprint density at radius 1 is 1.37 bits per heavy atom. The van der Waals surface area contributed by atoms with Crippen LogP contribution in [-0.2, 0) is 0 Å². The third kappa shape index (κ3) is 5.46. The van der Waals surface area contributed by atoms with Gasteiger partial charge in [-0.1, -0.05) is 34.1 Å². The summed E-state index contributed by atoms with van der Waals surface area (Å²) in [5.41, 5.74) is 1.34. The van der Waals surface area contributed by atoms with Crippen molar-refractivity contribution in [1.29, 1.82) is 0 Å². The Labute approximate surface area is 130 Å². The molecule has 0 saturated heterocycles. The fourth-order valence-electron chi connectivity index (χ4n) is 2.13. The first-order chi connectivity index (χ1) is 9.10. The molecule has 1 aromatic rings. The minimum Gasteiger partial charge on any atom is -0.313 e. The number of hydrogen-bond acceptors (Lipinski definition) is 3. The highest BCUT2D eigenvalue weighted by atomic mass is 79.9. The van der Waals surface area contributed by atoms with E-state index in [2.05, 4.69) is 70.6 Å². The van der Waals surface area contributed by atoms with Gasteiger partial charge in [-0.15, -0.1) is 0 Å². The molecule has 0 aromatic heterocycles. The Morgan fingerprint density at radius 2 is 2.05 bits per heavy atom. The molecule has 1 N–H and O–H groups in total. The average molecular weight is 345 g/mol. The smallest absolute Gasteiger partial charge is 0.0340 e. The van der Waals surface area contributed by atoms with E-state index >= 15 is 0 Å². The van der Waals surface area contributed by atoms with Crippen LogP contribution in [0.3, 0.4) is 0 Å². The van der Waals surface area contributed by atoms with Gasteiger partial charge in [0.2, 0.25) is 0 Å². The highest BCUT2D eigenvalue weighted by Crippen LogP contribution is 2.25. The van der Waals surface area contributed by atoms with E-state index in [-0.39, 0.29) is 0 Å². The molecule has 0 aliphatic heterocycles. The van der Waals surface area contributed by atoms with Crippen LogP contribution in [0, 0.1) is 0 Å². The summed E-state index contributed by atoms with van der Waals surface area (Å²) >= 11 is 5.55. The van der Waals surface area contributed by atoms with Gasteiger partial charge in [0.1, 0.15) is 0 Å². The van der Waals surface area contributed by atoms with Crippen molar-refractivity contribution in [3.63, 3.8) is 0 Å². The SMILES string of the molecule is CNC(CCN(C)C(C)CSC)c1ccccc1Br. The van der Waals surface area contributed by atoms with Gasteiger partial charge in [-0.25, -0.2) is 0 Å². The fraction of sp³-hybridized carbons (Fsp3) is 0.600. The Bertz CT molecular complexity index is 373. The van der Waals surface area contributed by atoms with E-state index < -0.39 is 0 Å². The van der Waals surface area contributed by atoms with Crippen molar-refractivity contribution in [2.45, 2.75) is 25.4 Å². The zero-order valence-corrected chi connectivity index (χ0v) is 14.7. The number of nitrogens with one attached hydrogen (secondary N) is 1. The zero-order chi connectivity index (χ0) is 14.3. The molecule has 0 fully saturated rings. The molecule has 0 aliphatic rings. The Kier molecular flexibility index (Phi) is 8.07. The topological polar surface area (TPSA) is 15.3 Å². The maximum atomic E-state index is 3.64. The molecule has 0 aliphatic carbocycles. The van der Waals surface area contributed by atoms with E-state index in [0.29, 0.717) is 12.1 Å². The van der Waals surface area contributed by atoms with Crippen LogP contribution in [-0.4, -0.2) is 43.6 Å². The van der Waals surface area contributed by atoms with Crippen molar-refractivity contribution < 1.29 is 0 Å². The zero-order valence-electron chi connectivity index (χ0n) is 12.3. The normalized spacial score (nSPS) is 14.6. The van der Waals surface area contributed by atoms with Crippen molar-refractivity contribution in [1.82, 2.24) is 10.2 Å². The minimum absolute atomic E-state index is 0.402. The first-order valence-corrected chi connectivity index (χ1v) is 8.89. The lowest BCUT2D eigenvalue weighted by molar-refractivity contribution is 0.262. The lowest BCUT2D eigenvalue weighted by atomic mass is 10.0. The van der Waals surface area contributed by atoms with Crippen LogP contribution in [0.2, 0.25) is 0 Å². The van der Waals surface area contributed by atoms with Gasteiger partial charge >= 0.3 is 0 Å². The van der Waals surface area contributed by atoms with Gasteiger partial charge < -0.3 is 10.2 Å². The summed E-state index contributed by atoms with van der Waals surface area (Å²) < 4.78 is 1.19. The van der Waals surface area contributed by atoms with Crippen LogP contribution in [0.4, 0.5) is 0 Å². The number of benzene rings is 1. The predicted molar refractivity (Wildman–Crippen MR) is 91.0 cm³/mol. The molecule has 0 radical (unpaired) electrons. The average Bonchev–Trinajstić information content (AvgIpc) is 2.41. The highest BCUT2D eigenvalue weighted by molar-refractivity contribution is 9.10. The molecule has 108 valence electrons. The van der Waals surface area contributed by atoms with Crippen LogP contribution < -0.4 is 5.32 Å². The monoisotopic (exact) mass is 344 g/mol. The second-order valence-corrected chi connectivity index (χ2v) is 6.70. The lowest BCUT2D eigenvalue weighted by Crippen LogP contribution is -2.33. The van der Waals surface area contributed by atoms with E-state index in [0.717, 1.165) is 13.0 Å². The van der Waals surface area contributed by atoms with Crippen molar-refractivity contribution >= 4 is 27.7 Å². The van der Waals surface area contributed by atoms with E-state index in [1.54, 1.807) is 0 Å². The van der Waals surface area contributed by atoms with Gasteiger partial charge in [-0.2, -0.15) is 11.8 Å². The van der Waals surface area contributed by atoms with Crippen LogP contribution in [0.15, 0.2) is 28.7 Å². The molecular formula is C15H25BrN2S. The number of thioether (sulfide) groups is 1. The Morgan fingerprint density at radius 3 is 2.63 bits per heavy atom. The summed E-state index contributed by atoms with van der Waals surface area (Å²) in [6, 6.07) is 9.50. The van der Waals surface area contributed by atoms with Crippen molar-refractivity contribution in [2.75, 3.05) is 32.6 Å². The third-order valence-corrected chi connectivity index (χ3v) is 5.10. The third-order valence-electron chi connectivity index (χ3n) is 3.56. The molecule has 1 rings (SSSR count). The largest absolute Gasteiger partial charge is 0.313 e. The van der Waals surface area contributed by atoms with E-state index in [4.69, 9.17) is 0 Å². The maximum Gasteiger partial charge on any atom is 0.0340 e. The van der Waals surface area contributed by atoms with Crippen LogP contribution in [0.5, 0.6) is 0 Å². The number of rotatable bonds is 8. The molecule has 2 atom stereocenters. The van der Waals surface area contributed by atoms with Crippen LogP contribution >= 0.6 is 27.7 Å². The standard InChI is InChI=1S/C15H25BrN2S/c1-12(11-19-4)18(3)10-9-15(17-2)13-7-5-6-8-14(13)16/h5-8,12,15,17H,9-11H2,1-4H3. The van der Waals surface area contributed by atoms with Crippen LogP contribution in [0.1, 0.15) is 24.9 Å². The molecule has 2 unspecified atom stereocenters. The highest BCUT2D eigenvalue weighted by Gasteiger charge is 2.15. The fourth-order valence-corrected chi connectivity index (χ4v) is 3.43. The molecule has 0 amide bonds. The summed E-state index contributed by atoms with van der Waals surface area (Å²) in [7, 11) is 4.25. The van der Waals surface area contributed by atoms with E-state index in [1.807, 2.05) is 18.8 Å². The summed E-state index contributed by atoms with van der Waals surface area (Å²) in [6.45, 7) is 3.40. The van der Waals surface area contributed by atoms with Gasteiger partial charge in [-0.05, 0) is 51.9 Å². The van der Waals surface area contributed by atoms with E-state index in [9.17, 15) is 0 Å². The molecule has 4 heteroatoms. The second kappa shape index (κ2) is 9.01. The van der Waals surface area contributed by atoms with Crippen molar-refractivity contribution in [2.24, 2.45) is 0 Å². The number of hydrogen-bond donors (Lipinski definition) is 1. The quantitative estimate of drug-likeness (QED) is 0.772. The molecule has 0 bridgehead atoms. The van der Waals surface area contributed by atoms with Gasteiger partial charge in [-0.3, -0.25) is 0 Å². The molecular weight excluding hydrogens is 320 g/mol. The van der Waals surface area contributed by atoms with Gasteiger partial charge in [0, 0.05) is 22.3 Å². The summed E-state index contributed by atoms with van der Waals surface area (Å²) in [5.74, 6) is 1.19. The first-order valence-electron chi connectivity index (χ1n) is 6.71. The maximum absolute atomic E-state index is 3.64. The van der Waals surface area contributed by atoms with Crippen molar-refractivity contribution in [3.05, 3.63) is 34.3 Å². The van der Waals surface area contributed by atoms with Gasteiger partial charge in [0.05, 0.1) is 0 Å². The van der Waals surface area contributed by atoms with Crippen LogP contribution in [0.25, 0.3) is 0 Å². The Hall–Kier alpha value is -0.0300.